The summed E-state index contributed by atoms with van der Waals surface area (Å²) in [6.45, 7) is 5.96. The van der Waals surface area contributed by atoms with Crippen molar-refractivity contribution < 1.29 is 9.53 Å². The number of aromatic nitrogens is 4. The van der Waals surface area contributed by atoms with Gasteiger partial charge in [0.25, 0.3) is 0 Å². The number of hydrogen-bond donors (Lipinski definition) is 1. The molecule has 7 heteroatoms. The molecule has 2 heterocycles. The Hall–Kier alpha value is -3.61. The number of fused-ring (bicyclic) bond motifs is 1. The largest absolute Gasteiger partial charge is 0.441 e. The number of aryl methyl sites for hydroxylation is 4. The predicted molar refractivity (Wildman–Crippen MR) is 117 cm³/mol. The molecule has 0 saturated heterocycles. The van der Waals surface area contributed by atoms with Gasteiger partial charge in [-0.05, 0) is 44.0 Å². The van der Waals surface area contributed by atoms with Crippen molar-refractivity contribution in [3.05, 3.63) is 65.5 Å². The average Bonchev–Trinajstić information content (AvgIpc) is 3.24. The lowest BCUT2D eigenvalue weighted by Gasteiger charge is -2.14. The van der Waals surface area contributed by atoms with Crippen LogP contribution in [0.15, 0.2) is 48.8 Å². The molecule has 4 rings (SSSR count). The van der Waals surface area contributed by atoms with Crippen LogP contribution >= 0.6 is 0 Å². The number of benzene rings is 2. The molecule has 1 atom stereocenters. The zero-order chi connectivity index (χ0) is 21.4. The van der Waals surface area contributed by atoms with E-state index in [0.717, 1.165) is 33.4 Å². The normalized spacial score (nSPS) is 12.2. The number of amides is 1. The fraction of sp³-hybridized carbons (Fsp3) is 0.261. The van der Waals surface area contributed by atoms with Crippen LogP contribution in [0.25, 0.3) is 22.3 Å². The molecule has 1 unspecified atom stereocenters. The summed E-state index contributed by atoms with van der Waals surface area (Å²) in [6, 6.07) is 13.9. The van der Waals surface area contributed by atoms with Crippen LogP contribution in [0.5, 0.6) is 0 Å². The van der Waals surface area contributed by atoms with Crippen molar-refractivity contribution in [1.82, 2.24) is 19.3 Å². The number of nitrogens with zero attached hydrogens (tertiary/aromatic N) is 4. The maximum atomic E-state index is 12.5. The number of hydrogen-bond acceptors (Lipinski definition) is 4. The van der Waals surface area contributed by atoms with Gasteiger partial charge in [-0.3, -0.25) is 10.00 Å². The van der Waals surface area contributed by atoms with Gasteiger partial charge in [0.05, 0.1) is 23.1 Å². The van der Waals surface area contributed by atoms with Crippen molar-refractivity contribution in [1.29, 1.82) is 0 Å². The number of carbonyl (C=O) groups is 1. The van der Waals surface area contributed by atoms with Crippen LogP contribution in [-0.4, -0.2) is 25.4 Å². The fourth-order valence-electron chi connectivity index (χ4n) is 3.59. The highest BCUT2D eigenvalue weighted by Gasteiger charge is 2.16. The Morgan fingerprint density at radius 1 is 1.10 bits per heavy atom. The molecule has 7 nitrogen and oxygen atoms in total. The van der Waals surface area contributed by atoms with Crippen LogP contribution in [0, 0.1) is 13.8 Å². The van der Waals surface area contributed by atoms with Crippen molar-refractivity contribution in [2.45, 2.75) is 26.9 Å². The first-order chi connectivity index (χ1) is 14.3. The summed E-state index contributed by atoms with van der Waals surface area (Å²) in [4.78, 5) is 16.8. The zero-order valence-electron chi connectivity index (χ0n) is 17.8. The standard InChI is InChI=1S/C23H25N5O2/c1-14-6-8-18(15(2)10-14)19-12-22(28(5)26-19)25-23(29)30-16(3)17-7-9-21-20(11-17)24-13-27(21)4/h6-13,16H,1-5H3,(H,25,29). The molecule has 1 N–H and O–H groups in total. The fourth-order valence-corrected chi connectivity index (χ4v) is 3.59. The minimum absolute atomic E-state index is 0.413. The summed E-state index contributed by atoms with van der Waals surface area (Å²) in [5, 5.41) is 7.33. The molecule has 154 valence electrons. The van der Waals surface area contributed by atoms with E-state index in [1.54, 1.807) is 18.1 Å². The maximum absolute atomic E-state index is 12.5. The van der Waals surface area contributed by atoms with Gasteiger partial charge in [0.1, 0.15) is 11.9 Å². The van der Waals surface area contributed by atoms with E-state index in [1.165, 1.54) is 5.56 Å². The first kappa shape index (κ1) is 19.7. The van der Waals surface area contributed by atoms with E-state index in [0.29, 0.717) is 5.82 Å². The molecule has 0 bridgehead atoms. The molecule has 0 radical (unpaired) electrons. The minimum atomic E-state index is -0.529. The van der Waals surface area contributed by atoms with E-state index in [1.807, 2.05) is 48.9 Å². The van der Waals surface area contributed by atoms with Crippen LogP contribution in [0.3, 0.4) is 0 Å². The van der Waals surface area contributed by atoms with Gasteiger partial charge >= 0.3 is 6.09 Å². The SMILES string of the molecule is Cc1ccc(-c2cc(NC(=O)OC(C)c3ccc4c(c3)ncn4C)n(C)n2)c(C)c1. The lowest BCUT2D eigenvalue weighted by Crippen LogP contribution is -2.17. The quantitative estimate of drug-likeness (QED) is 0.526. The first-order valence-electron chi connectivity index (χ1n) is 9.82. The van der Waals surface area contributed by atoms with Gasteiger partial charge in [0.15, 0.2) is 0 Å². The van der Waals surface area contributed by atoms with E-state index in [2.05, 4.69) is 41.4 Å². The Kier molecular flexibility index (Phi) is 5.03. The predicted octanol–water partition coefficient (Wildman–Crippen LogP) is 4.90. The lowest BCUT2D eigenvalue weighted by molar-refractivity contribution is 0.121. The molecule has 0 aliphatic carbocycles. The summed E-state index contributed by atoms with van der Waals surface area (Å²) < 4.78 is 9.17. The molecule has 2 aromatic heterocycles. The van der Waals surface area contributed by atoms with Crippen LogP contribution in [0.1, 0.15) is 29.7 Å². The molecule has 0 aliphatic heterocycles. The molecule has 0 fully saturated rings. The molecular weight excluding hydrogens is 378 g/mol. The number of ether oxygens (including phenoxy) is 1. The number of nitrogens with one attached hydrogen (secondary N) is 1. The van der Waals surface area contributed by atoms with E-state index >= 15 is 0 Å². The number of anilines is 1. The van der Waals surface area contributed by atoms with Gasteiger partial charge in [0.2, 0.25) is 0 Å². The molecule has 30 heavy (non-hydrogen) atoms. The highest BCUT2D eigenvalue weighted by Crippen LogP contribution is 2.26. The van der Waals surface area contributed by atoms with E-state index < -0.39 is 12.2 Å². The summed E-state index contributed by atoms with van der Waals surface area (Å²) >= 11 is 0. The Morgan fingerprint density at radius 3 is 2.67 bits per heavy atom. The molecule has 2 aromatic carbocycles. The van der Waals surface area contributed by atoms with Gasteiger partial charge in [-0.25, -0.2) is 9.78 Å². The lowest BCUT2D eigenvalue weighted by atomic mass is 10.0. The molecule has 0 saturated carbocycles. The molecule has 4 aromatic rings. The van der Waals surface area contributed by atoms with Crippen molar-refractivity contribution >= 4 is 22.9 Å². The Labute approximate surface area is 175 Å². The van der Waals surface area contributed by atoms with Crippen molar-refractivity contribution in [2.24, 2.45) is 14.1 Å². The monoisotopic (exact) mass is 403 g/mol. The number of carbonyl (C=O) groups excluding carboxylic acids is 1. The Bertz CT molecular complexity index is 1240. The summed E-state index contributed by atoms with van der Waals surface area (Å²) in [7, 11) is 3.74. The third-order valence-electron chi connectivity index (χ3n) is 5.27. The number of rotatable bonds is 4. The topological polar surface area (TPSA) is 74.0 Å². The summed E-state index contributed by atoms with van der Waals surface area (Å²) in [5.41, 5.74) is 6.97. The van der Waals surface area contributed by atoms with Crippen molar-refractivity contribution in [3.63, 3.8) is 0 Å². The van der Waals surface area contributed by atoms with Crippen LogP contribution in [0.4, 0.5) is 10.6 Å². The second-order valence-corrected chi connectivity index (χ2v) is 7.63. The van der Waals surface area contributed by atoms with Crippen LogP contribution in [0.2, 0.25) is 0 Å². The van der Waals surface area contributed by atoms with Gasteiger partial charge in [-0.1, -0.05) is 29.8 Å². The third-order valence-corrected chi connectivity index (χ3v) is 5.27. The highest BCUT2D eigenvalue weighted by molar-refractivity contribution is 5.85. The maximum Gasteiger partial charge on any atom is 0.413 e. The van der Waals surface area contributed by atoms with E-state index in [-0.39, 0.29) is 0 Å². The van der Waals surface area contributed by atoms with E-state index in [4.69, 9.17) is 4.74 Å². The average molecular weight is 403 g/mol. The van der Waals surface area contributed by atoms with E-state index in [9.17, 15) is 4.79 Å². The van der Waals surface area contributed by atoms with Crippen molar-refractivity contribution in [2.75, 3.05) is 5.32 Å². The molecule has 0 aliphatic rings. The Balaban J connectivity index is 1.47. The smallest absolute Gasteiger partial charge is 0.413 e. The van der Waals surface area contributed by atoms with Gasteiger partial charge < -0.3 is 9.30 Å². The minimum Gasteiger partial charge on any atom is -0.441 e. The molecule has 1 amide bonds. The second-order valence-electron chi connectivity index (χ2n) is 7.63. The summed E-state index contributed by atoms with van der Waals surface area (Å²) in [6.07, 6.45) is 0.824. The zero-order valence-corrected chi connectivity index (χ0v) is 17.8. The first-order valence-corrected chi connectivity index (χ1v) is 9.82. The summed E-state index contributed by atoms with van der Waals surface area (Å²) in [5.74, 6) is 0.572. The highest BCUT2D eigenvalue weighted by atomic mass is 16.6. The van der Waals surface area contributed by atoms with Crippen LogP contribution < -0.4 is 5.32 Å². The van der Waals surface area contributed by atoms with Gasteiger partial charge in [-0.2, -0.15) is 5.10 Å². The van der Waals surface area contributed by atoms with Crippen molar-refractivity contribution in [3.8, 4) is 11.3 Å². The number of imidazole rings is 1. The Morgan fingerprint density at radius 2 is 1.90 bits per heavy atom. The molecular formula is C23H25N5O2. The second kappa shape index (κ2) is 7.67. The molecule has 0 spiro atoms. The third kappa shape index (κ3) is 3.78. The van der Waals surface area contributed by atoms with Crippen LogP contribution in [-0.2, 0) is 18.8 Å². The van der Waals surface area contributed by atoms with Gasteiger partial charge in [-0.15, -0.1) is 0 Å². The van der Waals surface area contributed by atoms with Gasteiger partial charge in [0, 0.05) is 25.7 Å².